The van der Waals surface area contributed by atoms with Crippen molar-refractivity contribution in [2.75, 3.05) is 6.26 Å². The second-order valence-electron chi connectivity index (χ2n) is 4.84. The van der Waals surface area contributed by atoms with Crippen molar-refractivity contribution in [3.63, 3.8) is 0 Å². The van der Waals surface area contributed by atoms with E-state index in [2.05, 4.69) is 78.5 Å². The first-order valence-corrected chi connectivity index (χ1v) is 8.59. The maximum atomic E-state index is 3.86. The van der Waals surface area contributed by atoms with E-state index in [-0.39, 0.29) is 0 Å². The summed E-state index contributed by atoms with van der Waals surface area (Å²) in [4.78, 5) is 1.73. The fourth-order valence-corrected chi connectivity index (χ4v) is 3.81. The summed E-state index contributed by atoms with van der Waals surface area (Å²) in [5.74, 6) is 0. The molecule has 0 aliphatic heterocycles. The zero-order valence-corrected chi connectivity index (χ0v) is 14.0. The lowest BCUT2D eigenvalue weighted by molar-refractivity contribution is 0.914. The van der Waals surface area contributed by atoms with Gasteiger partial charge < -0.3 is 0 Å². The summed E-state index contributed by atoms with van der Waals surface area (Å²) in [7, 11) is 0. The number of benzene rings is 2. The molecule has 2 aromatic rings. The molecule has 1 unspecified atom stereocenters. The second kappa shape index (κ2) is 6.62. The van der Waals surface area contributed by atoms with Crippen LogP contribution in [0.1, 0.15) is 27.1 Å². The van der Waals surface area contributed by atoms with E-state index in [9.17, 15) is 0 Å². The van der Waals surface area contributed by atoms with Crippen molar-refractivity contribution >= 4 is 27.7 Å². The molecule has 0 nitrogen and oxygen atoms in total. The molecule has 0 fully saturated rings. The fourth-order valence-electron chi connectivity index (χ4n) is 2.25. The molecular weight excluding hydrogens is 316 g/mol. The highest BCUT2D eigenvalue weighted by molar-refractivity contribution is 9.09. The van der Waals surface area contributed by atoms with E-state index in [1.54, 1.807) is 0 Å². The molecule has 2 aromatic carbocycles. The molecule has 0 aromatic heterocycles. The van der Waals surface area contributed by atoms with E-state index in [0.717, 1.165) is 6.42 Å². The number of hydrogen-bond acceptors (Lipinski definition) is 1. The van der Waals surface area contributed by atoms with E-state index in [1.807, 2.05) is 11.8 Å². The van der Waals surface area contributed by atoms with Crippen molar-refractivity contribution in [1.29, 1.82) is 0 Å². The van der Waals surface area contributed by atoms with Crippen molar-refractivity contribution in [3.05, 3.63) is 64.7 Å². The molecule has 0 amide bonds. The van der Waals surface area contributed by atoms with Crippen LogP contribution in [0.25, 0.3) is 0 Å². The van der Waals surface area contributed by atoms with Crippen LogP contribution in [0.15, 0.2) is 47.4 Å². The van der Waals surface area contributed by atoms with Crippen LogP contribution in [0.3, 0.4) is 0 Å². The molecule has 0 spiro atoms. The van der Waals surface area contributed by atoms with Gasteiger partial charge in [-0.2, -0.15) is 0 Å². The Hall–Kier alpha value is -0.730. The quantitative estimate of drug-likeness (QED) is 0.510. The number of alkyl halides is 1. The average Bonchev–Trinajstić information content (AvgIpc) is 2.42. The predicted octanol–water partition coefficient (Wildman–Crippen LogP) is 5.70. The minimum atomic E-state index is 0.372. The number of halogens is 1. The first-order valence-electron chi connectivity index (χ1n) is 6.45. The third kappa shape index (κ3) is 3.64. The molecule has 100 valence electrons. The third-order valence-corrected chi connectivity index (χ3v) is 5.01. The SMILES string of the molecule is CSc1ccccc1C(Br)Cc1cc(C)ccc1C. The summed E-state index contributed by atoms with van der Waals surface area (Å²) >= 11 is 5.67. The fraction of sp³-hybridized carbons (Fsp3) is 0.294. The molecule has 1 atom stereocenters. The van der Waals surface area contributed by atoms with Crippen LogP contribution in [0, 0.1) is 13.8 Å². The Kier molecular flexibility index (Phi) is 5.12. The summed E-state index contributed by atoms with van der Waals surface area (Å²) in [6.07, 6.45) is 3.17. The Balaban J connectivity index is 2.25. The van der Waals surface area contributed by atoms with Crippen molar-refractivity contribution in [2.45, 2.75) is 30.0 Å². The first-order chi connectivity index (χ1) is 9.11. The van der Waals surface area contributed by atoms with Crippen LogP contribution in [-0.4, -0.2) is 6.26 Å². The van der Waals surface area contributed by atoms with Gasteiger partial charge in [-0.05, 0) is 49.3 Å². The molecule has 0 aliphatic rings. The van der Waals surface area contributed by atoms with Crippen LogP contribution in [0.5, 0.6) is 0 Å². The summed E-state index contributed by atoms with van der Waals surface area (Å²) in [5.41, 5.74) is 5.52. The number of hydrogen-bond donors (Lipinski definition) is 0. The highest BCUT2D eigenvalue weighted by Crippen LogP contribution is 2.34. The molecular formula is C17H19BrS. The van der Waals surface area contributed by atoms with Crippen molar-refractivity contribution in [3.8, 4) is 0 Å². The van der Waals surface area contributed by atoms with Gasteiger partial charge in [0, 0.05) is 9.72 Å². The Morgan fingerprint density at radius 3 is 2.58 bits per heavy atom. The molecule has 2 heteroatoms. The minimum absolute atomic E-state index is 0.372. The predicted molar refractivity (Wildman–Crippen MR) is 89.5 cm³/mol. The zero-order chi connectivity index (χ0) is 13.8. The maximum absolute atomic E-state index is 3.86. The van der Waals surface area contributed by atoms with Gasteiger partial charge in [-0.1, -0.05) is 57.9 Å². The van der Waals surface area contributed by atoms with Crippen LogP contribution >= 0.6 is 27.7 Å². The lowest BCUT2D eigenvalue weighted by Crippen LogP contribution is -1.99. The number of aryl methyl sites for hydroxylation is 2. The zero-order valence-electron chi connectivity index (χ0n) is 11.6. The molecule has 0 bridgehead atoms. The summed E-state index contributed by atoms with van der Waals surface area (Å²) < 4.78 is 0. The van der Waals surface area contributed by atoms with Gasteiger partial charge in [0.25, 0.3) is 0 Å². The lowest BCUT2D eigenvalue weighted by Gasteiger charge is -2.15. The molecule has 0 radical (unpaired) electrons. The van der Waals surface area contributed by atoms with E-state index >= 15 is 0 Å². The second-order valence-corrected chi connectivity index (χ2v) is 6.80. The van der Waals surface area contributed by atoms with Gasteiger partial charge in [0.15, 0.2) is 0 Å². The van der Waals surface area contributed by atoms with Crippen LogP contribution < -0.4 is 0 Å². The normalized spacial score (nSPS) is 12.4. The van der Waals surface area contributed by atoms with E-state index in [0.29, 0.717) is 4.83 Å². The summed E-state index contributed by atoms with van der Waals surface area (Å²) in [6, 6.07) is 15.3. The Labute approximate surface area is 128 Å². The molecule has 19 heavy (non-hydrogen) atoms. The van der Waals surface area contributed by atoms with Gasteiger partial charge in [0.05, 0.1) is 0 Å². The topological polar surface area (TPSA) is 0 Å². The molecule has 0 N–H and O–H groups in total. The third-order valence-electron chi connectivity index (χ3n) is 3.38. The maximum Gasteiger partial charge on any atom is 0.0446 e. The summed E-state index contributed by atoms with van der Waals surface area (Å²) in [6.45, 7) is 4.34. The van der Waals surface area contributed by atoms with Gasteiger partial charge in [0.1, 0.15) is 0 Å². The van der Waals surface area contributed by atoms with Gasteiger partial charge in [-0.15, -0.1) is 11.8 Å². The Bertz CT molecular complexity index is 563. The Morgan fingerprint density at radius 1 is 1.11 bits per heavy atom. The number of thioether (sulfide) groups is 1. The van der Waals surface area contributed by atoms with Crippen LogP contribution in [0.2, 0.25) is 0 Å². The average molecular weight is 335 g/mol. The molecule has 0 aliphatic carbocycles. The molecule has 0 saturated carbocycles. The van der Waals surface area contributed by atoms with E-state index in [4.69, 9.17) is 0 Å². The summed E-state index contributed by atoms with van der Waals surface area (Å²) in [5, 5.41) is 0. The smallest absolute Gasteiger partial charge is 0.0446 e. The molecule has 2 rings (SSSR count). The van der Waals surface area contributed by atoms with Crippen LogP contribution in [-0.2, 0) is 6.42 Å². The first kappa shape index (κ1) is 14.7. The monoisotopic (exact) mass is 334 g/mol. The number of rotatable bonds is 4. The largest absolute Gasteiger partial charge is 0.129 e. The van der Waals surface area contributed by atoms with Gasteiger partial charge in [-0.3, -0.25) is 0 Å². The van der Waals surface area contributed by atoms with Crippen molar-refractivity contribution < 1.29 is 0 Å². The van der Waals surface area contributed by atoms with Crippen molar-refractivity contribution in [1.82, 2.24) is 0 Å². The van der Waals surface area contributed by atoms with Crippen LogP contribution in [0.4, 0.5) is 0 Å². The van der Waals surface area contributed by atoms with Gasteiger partial charge in [-0.25, -0.2) is 0 Å². The van der Waals surface area contributed by atoms with Gasteiger partial charge in [0.2, 0.25) is 0 Å². The standard InChI is InChI=1S/C17H19BrS/c1-12-8-9-13(2)14(10-12)11-16(18)15-6-4-5-7-17(15)19-3/h4-10,16H,11H2,1-3H3. The highest BCUT2D eigenvalue weighted by Gasteiger charge is 2.13. The lowest BCUT2D eigenvalue weighted by atomic mass is 9.98. The van der Waals surface area contributed by atoms with Crippen molar-refractivity contribution in [2.24, 2.45) is 0 Å². The molecule has 0 heterocycles. The highest BCUT2D eigenvalue weighted by atomic mass is 79.9. The van der Waals surface area contributed by atoms with E-state index in [1.165, 1.54) is 27.1 Å². The minimum Gasteiger partial charge on any atom is -0.129 e. The van der Waals surface area contributed by atoms with Gasteiger partial charge >= 0.3 is 0 Å². The van der Waals surface area contributed by atoms with E-state index < -0.39 is 0 Å². The molecule has 0 saturated heterocycles. The Morgan fingerprint density at radius 2 is 1.84 bits per heavy atom.